The second kappa shape index (κ2) is 11.3. The number of benzene rings is 3. The van der Waals surface area contributed by atoms with Gasteiger partial charge in [0.1, 0.15) is 11.5 Å². The zero-order valence-corrected chi connectivity index (χ0v) is 19.0. The molecule has 0 spiro atoms. The van der Waals surface area contributed by atoms with E-state index in [0.29, 0.717) is 11.3 Å². The van der Waals surface area contributed by atoms with Gasteiger partial charge in [0.25, 0.3) is 5.91 Å². The Balaban J connectivity index is 1.31. The van der Waals surface area contributed by atoms with Crippen molar-refractivity contribution in [2.45, 2.75) is 0 Å². The topological polar surface area (TPSA) is 81.9 Å². The molecule has 1 amide bonds. The molecule has 1 aromatic heterocycles. The van der Waals surface area contributed by atoms with Gasteiger partial charge in [-0.15, -0.1) is 0 Å². The van der Waals surface area contributed by atoms with E-state index in [9.17, 15) is 9.59 Å². The zero-order valence-electron chi connectivity index (χ0n) is 19.0. The fourth-order valence-corrected chi connectivity index (χ4v) is 3.26. The van der Waals surface area contributed by atoms with Crippen molar-refractivity contribution in [1.82, 2.24) is 9.99 Å². The number of carbonyl (C=O) groups is 2. The van der Waals surface area contributed by atoms with Gasteiger partial charge in [-0.3, -0.25) is 4.79 Å². The lowest BCUT2D eigenvalue weighted by Crippen LogP contribution is -2.19. The van der Waals surface area contributed by atoms with Gasteiger partial charge >= 0.3 is 5.97 Å². The van der Waals surface area contributed by atoms with Crippen molar-refractivity contribution in [3.05, 3.63) is 120 Å². The maximum atomic E-state index is 12.6. The number of amides is 1. The Morgan fingerprint density at radius 2 is 1.49 bits per heavy atom. The summed E-state index contributed by atoms with van der Waals surface area (Å²) in [5.74, 6) is 0.335. The molecule has 35 heavy (non-hydrogen) atoms. The third-order valence-electron chi connectivity index (χ3n) is 5.04. The predicted octanol–water partition coefficient (Wildman–Crippen LogP) is 4.87. The maximum absolute atomic E-state index is 12.6. The molecular weight excluding hydrogens is 442 g/mol. The Labute approximate surface area is 202 Å². The highest BCUT2D eigenvalue weighted by molar-refractivity contribution is 5.98. The van der Waals surface area contributed by atoms with Crippen molar-refractivity contribution in [3.63, 3.8) is 0 Å². The average Bonchev–Trinajstić information content (AvgIpc) is 3.44. The summed E-state index contributed by atoms with van der Waals surface area (Å²) in [5.41, 5.74) is 5.41. The summed E-state index contributed by atoms with van der Waals surface area (Å²) in [7, 11) is 1.60. The summed E-state index contributed by atoms with van der Waals surface area (Å²) < 4.78 is 12.3. The number of carbonyl (C=O) groups excluding carboxylic acids is 2. The molecule has 0 aliphatic rings. The second-order valence-electron chi connectivity index (χ2n) is 7.40. The summed E-state index contributed by atoms with van der Waals surface area (Å²) in [6, 6.07) is 25.2. The molecule has 1 heterocycles. The first-order chi connectivity index (χ1) is 17.1. The van der Waals surface area contributed by atoms with Crippen LogP contribution in [0, 0.1) is 0 Å². The minimum atomic E-state index is -0.490. The van der Waals surface area contributed by atoms with Gasteiger partial charge in [0.05, 0.1) is 24.6 Å². The molecular formula is C28H23N3O4. The minimum absolute atomic E-state index is 0.320. The summed E-state index contributed by atoms with van der Waals surface area (Å²) in [4.78, 5) is 24.7. The third kappa shape index (κ3) is 6.33. The smallest absolute Gasteiger partial charge is 0.336 e. The number of esters is 1. The molecule has 0 atom stereocenters. The molecule has 0 saturated heterocycles. The Bertz CT molecular complexity index is 1340. The highest BCUT2D eigenvalue weighted by Gasteiger charge is 2.11. The summed E-state index contributed by atoms with van der Waals surface area (Å²) in [6.45, 7) is 0. The molecule has 0 aliphatic heterocycles. The fourth-order valence-electron chi connectivity index (χ4n) is 3.26. The van der Waals surface area contributed by atoms with Crippen LogP contribution in [0.4, 0.5) is 0 Å². The van der Waals surface area contributed by atoms with Crippen LogP contribution in [-0.4, -0.2) is 29.8 Å². The molecule has 0 aliphatic carbocycles. The first kappa shape index (κ1) is 23.3. The molecule has 174 valence electrons. The first-order valence-corrected chi connectivity index (χ1v) is 10.8. The maximum Gasteiger partial charge on any atom is 0.336 e. The van der Waals surface area contributed by atoms with Crippen molar-refractivity contribution in [3.8, 4) is 17.2 Å². The van der Waals surface area contributed by atoms with Crippen molar-refractivity contribution in [2.24, 2.45) is 5.10 Å². The average molecular weight is 466 g/mol. The molecule has 0 unspecified atom stereocenters. The number of para-hydroxylation sites is 1. The van der Waals surface area contributed by atoms with Crippen LogP contribution in [0.3, 0.4) is 0 Å². The van der Waals surface area contributed by atoms with Crippen molar-refractivity contribution >= 4 is 24.2 Å². The highest BCUT2D eigenvalue weighted by atomic mass is 16.5. The van der Waals surface area contributed by atoms with Crippen molar-refractivity contribution in [1.29, 1.82) is 0 Å². The van der Waals surface area contributed by atoms with E-state index < -0.39 is 5.97 Å². The van der Waals surface area contributed by atoms with Crippen LogP contribution in [0.15, 0.2) is 109 Å². The van der Waals surface area contributed by atoms with Crippen LogP contribution in [0.1, 0.15) is 21.5 Å². The van der Waals surface area contributed by atoms with Gasteiger partial charge in [0, 0.05) is 18.5 Å². The second-order valence-corrected chi connectivity index (χ2v) is 7.40. The van der Waals surface area contributed by atoms with Gasteiger partial charge in [-0.05, 0) is 77.9 Å². The van der Waals surface area contributed by atoms with Gasteiger partial charge in [0.2, 0.25) is 0 Å². The predicted molar refractivity (Wildman–Crippen MR) is 135 cm³/mol. The molecule has 7 nitrogen and oxygen atoms in total. The lowest BCUT2D eigenvalue weighted by molar-refractivity contribution is -0.128. The molecule has 0 radical (unpaired) electrons. The van der Waals surface area contributed by atoms with E-state index in [1.54, 1.807) is 49.6 Å². The number of ether oxygens (including phenoxy) is 2. The Hall–Kier alpha value is -4.91. The molecule has 4 rings (SSSR count). The van der Waals surface area contributed by atoms with E-state index in [4.69, 9.17) is 9.47 Å². The van der Waals surface area contributed by atoms with Crippen LogP contribution in [0.25, 0.3) is 11.8 Å². The summed E-state index contributed by atoms with van der Waals surface area (Å²) >= 11 is 0. The lowest BCUT2D eigenvalue weighted by atomic mass is 10.1. The first-order valence-electron chi connectivity index (χ1n) is 10.8. The van der Waals surface area contributed by atoms with E-state index in [0.717, 1.165) is 22.6 Å². The summed E-state index contributed by atoms with van der Waals surface area (Å²) in [6.07, 6.45) is 8.29. The molecule has 7 heteroatoms. The van der Waals surface area contributed by atoms with Gasteiger partial charge in [0.15, 0.2) is 0 Å². The number of rotatable bonds is 8. The van der Waals surface area contributed by atoms with Crippen molar-refractivity contribution < 1.29 is 19.1 Å². The zero-order chi connectivity index (χ0) is 24.5. The number of aromatic nitrogens is 1. The van der Waals surface area contributed by atoms with E-state index in [-0.39, 0.29) is 5.91 Å². The van der Waals surface area contributed by atoms with Gasteiger partial charge in [-0.2, -0.15) is 5.10 Å². The number of hydrogen-bond acceptors (Lipinski definition) is 5. The lowest BCUT2D eigenvalue weighted by Gasteiger charge is -2.09. The van der Waals surface area contributed by atoms with Crippen LogP contribution >= 0.6 is 0 Å². The number of nitrogens with zero attached hydrogens (tertiary/aromatic N) is 2. The number of hydrazone groups is 1. The van der Waals surface area contributed by atoms with Gasteiger partial charge in [-0.25, -0.2) is 10.2 Å². The quantitative estimate of drug-likeness (QED) is 0.132. The number of methoxy groups -OCH3 is 1. The monoisotopic (exact) mass is 465 g/mol. The highest BCUT2D eigenvalue weighted by Crippen LogP contribution is 2.16. The molecule has 1 N–H and O–H groups in total. The van der Waals surface area contributed by atoms with Crippen LogP contribution in [0.5, 0.6) is 11.5 Å². The molecule has 4 aromatic rings. The number of hydrogen-bond donors (Lipinski definition) is 1. The van der Waals surface area contributed by atoms with E-state index in [1.165, 1.54) is 12.3 Å². The van der Waals surface area contributed by atoms with Crippen LogP contribution in [0.2, 0.25) is 0 Å². The minimum Gasteiger partial charge on any atom is -0.497 e. The fraction of sp³-hybridized carbons (Fsp3) is 0.0357. The Kier molecular flexibility index (Phi) is 7.50. The SMILES string of the molecule is COc1ccc(C=CC(=O)Oc2ccc(C=NNC(=O)c3ccccc3-n3cccc3)cc2)cc1. The Morgan fingerprint density at radius 1 is 0.829 bits per heavy atom. The standard InChI is InChI=1S/C28H23N3O4/c1-34-23-13-8-21(9-14-23)12-17-27(32)35-24-15-10-22(11-16-24)20-29-30-28(33)25-6-2-3-7-26(25)31-18-4-5-19-31/h2-20H,1H3,(H,30,33). The molecule has 0 bridgehead atoms. The van der Waals surface area contributed by atoms with E-state index in [1.807, 2.05) is 65.5 Å². The molecule has 0 saturated carbocycles. The third-order valence-corrected chi connectivity index (χ3v) is 5.04. The Morgan fingerprint density at radius 3 is 2.20 bits per heavy atom. The van der Waals surface area contributed by atoms with Crippen LogP contribution in [-0.2, 0) is 4.79 Å². The normalized spacial score (nSPS) is 11.0. The summed E-state index contributed by atoms with van der Waals surface area (Å²) in [5, 5.41) is 4.04. The van der Waals surface area contributed by atoms with E-state index >= 15 is 0 Å². The molecule has 3 aromatic carbocycles. The van der Waals surface area contributed by atoms with Gasteiger partial charge in [-0.1, -0.05) is 24.3 Å². The van der Waals surface area contributed by atoms with Gasteiger partial charge < -0.3 is 14.0 Å². The number of nitrogens with one attached hydrogen (secondary N) is 1. The van der Waals surface area contributed by atoms with E-state index in [2.05, 4.69) is 10.5 Å². The molecule has 0 fully saturated rings. The largest absolute Gasteiger partial charge is 0.497 e. The van der Waals surface area contributed by atoms with Crippen molar-refractivity contribution in [2.75, 3.05) is 7.11 Å². The van der Waals surface area contributed by atoms with Crippen LogP contribution < -0.4 is 14.9 Å².